The van der Waals surface area contributed by atoms with Crippen LogP contribution in [0.1, 0.15) is 0 Å². The zero-order valence-electron chi connectivity index (χ0n) is 23.2. The Hall–Kier alpha value is -5.87. The zero-order valence-corrected chi connectivity index (χ0v) is 23.2. The summed E-state index contributed by atoms with van der Waals surface area (Å²) in [6.07, 6.45) is 1.78. The van der Waals surface area contributed by atoms with E-state index in [4.69, 9.17) is 4.42 Å². The number of pyridine rings is 1. The van der Waals surface area contributed by atoms with Gasteiger partial charge in [-0.2, -0.15) is 0 Å². The zero-order chi connectivity index (χ0) is 28.3. The molecule has 0 saturated heterocycles. The average Bonchev–Trinajstić information content (AvgIpc) is 3.60. The molecule has 0 fully saturated rings. The molecule has 0 bridgehead atoms. The maximum Gasteiger partial charge on any atom is 0.227 e. The molecule has 0 aliphatic carbocycles. The van der Waals surface area contributed by atoms with Crippen LogP contribution < -0.4 is 4.90 Å². The predicted octanol–water partition coefficient (Wildman–Crippen LogP) is 10.7. The highest BCUT2D eigenvalue weighted by molar-refractivity contribution is 6.14. The van der Waals surface area contributed by atoms with Crippen molar-refractivity contribution in [2.75, 3.05) is 4.90 Å². The molecule has 9 rings (SSSR count). The Balaban J connectivity index is 1.31. The molecule has 0 N–H and O–H groups in total. The first kappa shape index (κ1) is 23.8. The average molecular weight is 552 g/mol. The topological polar surface area (TPSA) is 34.2 Å². The number of nitrogens with zero attached hydrogens (tertiary/aromatic N) is 3. The number of rotatable bonds is 4. The molecule has 6 aromatic carbocycles. The van der Waals surface area contributed by atoms with Crippen molar-refractivity contribution >= 4 is 71.7 Å². The normalized spacial score (nSPS) is 11.7. The lowest BCUT2D eigenvalue weighted by atomic mass is 10.1. The van der Waals surface area contributed by atoms with E-state index in [1.54, 1.807) is 6.20 Å². The highest BCUT2D eigenvalue weighted by Gasteiger charge is 2.20. The molecule has 3 heterocycles. The lowest BCUT2D eigenvalue weighted by Crippen LogP contribution is -2.10. The molecule has 43 heavy (non-hydrogen) atoms. The third-order valence-electron chi connectivity index (χ3n) is 8.40. The van der Waals surface area contributed by atoms with E-state index in [9.17, 15) is 0 Å². The predicted molar refractivity (Wildman–Crippen MR) is 178 cm³/mol. The number of anilines is 3. The van der Waals surface area contributed by atoms with Crippen LogP contribution in [-0.2, 0) is 0 Å². The standard InChI is InChI=1S/C39H25N3O/c1-2-13-28(14-3-1)41(36-21-9-18-32-33-19-10-22-40-39(33)43-38(32)36)29-15-8-16-30(25-29)42-35-20-7-6-17-31(35)34-23-26-11-4-5-12-27(26)24-37(34)42/h1-25H. The number of hydrogen-bond donors (Lipinski definition) is 0. The molecule has 0 radical (unpaired) electrons. The molecule has 0 spiro atoms. The first-order valence-electron chi connectivity index (χ1n) is 14.5. The number of fused-ring (bicyclic) bond motifs is 7. The number of aromatic nitrogens is 2. The lowest BCUT2D eigenvalue weighted by Gasteiger charge is -2.26. The lowest BCUT2D eigenvalue weighted by molar-refractivity contribution is 0.654. The minimum absolute atomic E-state index is 0.643. The highest BCUT2D eigenvalue weighted by atomic mass is 16.3. The number of furan rings is 1. The molecule has 0 amide bonds. The van der Waals surface area contributed by atoms with Crippen molar-refractivity contribution in [3.05, 3.63) is 152 Å². The molecule has 0 saturated carbocycles. The Kier molecular flexibility index (Phi) is 5.16. The first-order valence-corrected chi connectivity index (χ1v) is 14.5. The second-order valence-electron chi connectivity index (χ2n) is 10.9. The maximum absolute atomic E-state index is 6.41. The second kappa shape index (κ2) is 9.33. The van der Waals surface area contributed by atoms with E-state index < -0.39 is 0 Å². The first-order chi connectivity index (χ1) is 21.3. The largest absolute Gasteiger partial charge is 0.435 e. The molecule has 9 aromatic rings. The van der Waals surface area contributed by atoms with Crippen molar-refractivity contribution in [3.63, 3.8) is 0 Å². The monoisotopic (exact) mass is 551 g/mol. The van der Waals surface area contributed by atoms with Crippen LogP contribution in [0.2, 0.25) is 0 Å². The molecule has 0 aliphatic heterocycles. The summed E-state index contributed by atoms with van der Waals surface area (Å²) in [6, 6.07) is 51.5. The van der Waals surface area contributed by atoms with E-state index in [2.05, 4.69) is 148 Å². The van der Waals surface area contributed by atoms with Crippen LogP contribution in [0.25, 0.3) is 60.3 Å². The van der Waals surface area contributed by atoms with E-state index in [1.165, 1.54) is 32.6 Å². The van der Waals surface area contributed by atoms with E-state index in [0.717, 1.165) is 39.1 Å². The number of benzene rings is 6. The molecular weight excluding hydrogens is 526 g/mol. The van der Waals surface area contributed by atoms with Gasteiger partial charge in [-0.3, -0.25) is 0 Å². The Bertz CT molecular complexity index is 2470. The molecule has 0 unspecified atom stereocenters. The summed E-state index contributed by atoms with van der Waals surface area (Å²) in [6.45, 7) is 0. The summed E-state index contributed by atoms with van der Waals surface area (Å²) >= 11 is 0. The smallest absolute Gasteiger partial charge is 0.227 e. The third kappa shape index (κ3) is 3.67. The van der Waals surface area contributed by atoms with Crippen LogP contribution in [0, 0.1) is 0 Å². The van der Waals surface area contributed by atoms with Gasteiger partial charge in [-0.05, 0) is 77.5 Å². The van der Waals surface area contributed by atoms with Gasteiger partial charge in [0.2, 0.25) is 5.71 Å². The van der Waals surface area contributed by atoms with Gasteiger partial charge in [-0.25, -0.2) is 4.98 Å². The fourth-order valence-corrected chi connectivity index (χ4v) is 6.50. The maximum atomic E-state index is 6.41. The summed E-state index contributed by atoms with van der Waals surface area (Å²) in [5.41, 5.74) is 7.98. The summed E-state index contributed by atoms with van der Waals surface area (Å²) < 4.78 is 8.79. The van der Waals surface area contributed by atoms with Crippen LogP contribution >= 0.6 is 0 Å². The fraction of sp³-hybridized carbons (Fsp3) is 0. The van der Waals surface area contributed by atoms with Gasteiger partial charge in [0, 0.05) is 44.8 Å². The van der Waals surface area contributed by atoms with Gasteiger partial charge in [0.1, 0.15) is 0 Å². The van der Waals surface area contributed by atoms with Crippen molar-refractivity contribution < 1.29 is 4.42 Å². The van der Waals surface area contributed by atoms with Crippen molar-refractivity contribution in [1.29, 1.82) is 0 Å². The van der Waals surface area contributed by atoms with Gasteiger partial charge in [0.15, 0.2) is 5.58 Å². The third-order valence-corrected chi connectivity index (χ3v) is 8.40. The van der Waals surface area contributed by atoms with Crippen molar-refractivity contribution in [2.24, 2.45) is 0 Å². The van der Waals surface area contributed by atoms with Gasteiger partial charge < -0.3 is 13.9 Å². The van der Waals surface area contributed by atoms with Crippen molar-refractivity contribution in [1.82, 2.24) is 9.55 Å². The second-order valence-corrected chi connectivity index (χ2v) is 10.9. The summed E-state index contributed by atoms with van der Waals surface area (Å²) in [5.74, 6) is 0. The number of hydrogen-bond acceptors (Lipinski definition) is 3. The fourth-order valence-electron chi connectivity index (χ4n) is 6.50. The summed E-state index contributed by atoms with van der Waals surface area (Å²) in [4.78, 5) is 6.78. The van der Waals surface area contributed by atoms with Crippen molar-refractivity contribution in [3.8, 4) is 5.69 Å². The van der Waals surface area contributed by atoms with E-state index in [0.29, 0.717) is 5.71 Å². The van der Waals surface area contributed by atoms with Crippen LogP contribution in [0.15, 0.2) is 156 Å². The SMILES string of the molecule is c1ccc(N(c2cccc(-n3c4ccccc4c4cc5ccccc5cc43)c2)c2cccc3c2oc2ncccc23)cc1. The van der Waals surface area contributed by atoms with Gasteiger partial charge in [0.05, 0.1) is 16.7 Å². The molecule has 0 aliphatic rings. The van der Waals surface area contributed by atoms with Crippen LogP contribution in [0.4, 0.5) is 17.1 Å². The Morgan fingerprint density at radius 2 is 1.23 bits per heavy atom. The van der Waals surface area contributed by atoms with Gasteiger partial charge >= 0.3 is 0 Å². The number of para-hydroxylation sites is 3. The van der Waals surface area contributed by atoms with Crippen LogP contribution in [-0.4, -0.2) is 9.55 Å². The molecule has 0 atom stereocenters. The van der Waals surface area contributed by atoms with E-state index in [1.807, 2.05) is 12.1 Å². The van der Waals surface area contributed by atoms with Crippen LogP contribution in [0.3, 0.4) is 0 Å². The van der Waals surface area contributed by atoms with E-state index in [-0.39, 0.29) is 0 Å². The Morgan fingerprint density at radius 3 is 2.14 bits per heavy atom. The molecular formula is C39H25N3O. The van der Waals surface area contributed by atoms with Gasteiger partial charge in [0.25, 0.3) is 0 Å². The minimum atomic E-state index is 0.643. The molecule has 4 nitrogen and oxygen atoms in total. The Labute approximate surface area is 247 Å². The van der Waals surface area contributed by atoms with Gasteiger partial charge in [-0.15, -0.1) is 0 Å². The van der Waals surface area contributed by atoms with Crippen molar-refractivity contribution in [2.45, 2.75) is 0 Å². The van der Waals surface area contributed by atoms with Crippen LogP contribution in [0.5, 0.6) is 0 Å². The minimum Gasteiger partial charge on any atom is -0.435 e. The highest BCUT2D eigenvalue weighted by Crippen LogP contribution is 2.43. The van der Waals surface area contributed by atoms with E-state index >= 15 is 0 Å². The molecule has 202 valence electrons. The summed E-state index contributed by atoms with van der Waals surface area (Å²) in [5, 5.41) is 7.03. The Morgan fingerprint density at radius 1 is 0.512 bits per heavy atom. The molecule has 4 heteroatoms. The molecule has 3 aromatic heterocycles. The summed E-state index contributed by atoms with van der Waals surface area (Å²) in [7, 11) is 0. The quantitative estimate of drug-likeness (QED) is 0.218. The van der Waals surface area contributed by atoms with Gasteiger partial charge in [-0.1, -0.05) is 78.9 Å².